The van der Waals surface area contributed by atoms with Crippen LogP contribution in [0.1, 0.15) is 29.8 Å². The Morgan fingerprint density at radius 3 is 2.70 bits per heavy atom. The van der Waals surface area contributed by atoms with Gasteiger partial charge in [-0.15, -0.1) is 11.3 Å². The molecule has 0 aliphatic carbocycles. The molecular weight excluding hydrogens is 512 g/mol. The predicted octanol–water partition coefficient (Wildman–Crippen LogP) is 3.30. The van der Waals surface area contributed by atoms with Crippen LogP contribution in [-0.4, -0.2) is 73.1 Å². The lowest BCUT2D eigenvalue weighted by Crippen LogP contribution is -2.49. The Hall–Kier alpha value is -2.99. The van der Waals surface area contributed by atoms with Crippen LogP contribution in [0.4, 0.5) is 5.69 Å². The number of aliphatic hydroxyl groups is 1. The molecule has 0 spiro atoms. The number of benzene rings is 1. The monoisotopic (exact) mass is 544 g/mol. The molecule has 9 nitrogen and oxygen atoms in total. The lowest BCUT2D eigenvalue weighted by atomic mass is 9.99. The van der Waals surface area contributed by atoms with Gasteiger partial charge < -0.3 is 14.7 Å². The molecular formula is C26H32N4O5S2. The van der Waals surface area contributed by atoms with Crippen molar-refractivity contribution in [2.75, 3.05) is 31.5 Å². The maximum Gasteiger partial charge on any atom is 0.271 e. The highest BCUT2D eigenvalue weighted by atomic mass is 32.2. The van der Waals surface area contributed by atoms with E-state index in [0.29, 0.717) is 25.4 Å². The molecule has 3 heterocycles. The summed E-state index contributed by atoms with van der Waals surface area (Å²) >= 11 is 1.11. The van der Waals surface area contributed by atoms with Crippen LogP contribution in [-0.2, 0) is 16.6 Å². The number of nitrogens with one attached hydrogen (secondary N) is 1. The van der Waals surface area contributed by atoms with Gasteiger partial charge in [-0.1, -0.05) is 13.0 Å². The van der Waals surface area contributed by atoms with Crippen LogP contribution in [0.15, 0.2) is 64.4 Å². The highest BCUT2D eigenvalue weighted by Crippen LogP contribution is 2.32. The van der Waals surface area contributed by atoms with E-state index in [1.807, 2.05) is 26.1 Å². The molecule has 3 atom stereocenters. The van der Waals surface area contributed by atoms with Crippen molar-refractivity contribution in [3.63, 3.8) is 0 Å². The number of sulfonamides is 1. The number of carbonyl (C=O) groups is 1. The number of pyridine rings is 1. The molecule has 0 fully saturated rings. The fourth-order valence-electron chi connectivity index (χ4n) is 4.30. The molecule has 0 saturated heterocycles. The number of rotatable bonds is 9. The smallest absolute Gasteiger partial charge is 0.271 e. The van der Waals surface area contributed by atoms with Gasteiger partial charge in [0.1, 0.15) is 16.1 Å². The molecule has 1 aliphatic rings. The molecule has 1 amide bonds. The minimum absolute atomic E-state index is 0.0250. The normalized spacial score (nSPS) is 19.1. The summed E-state index contributed by atoms with van der Waals surface area (Å²) in [5, 5.41) is 11.5. The van der Waals surface area contributed by atoms with Crippen molar-refractivity contribution in [2.45, 2.75) is 36.7 Å². The van der Waals surface area contributed by atoms with Gasteiger partial charge in [0.2, 0.25) is 0 Å². The van der Waals surface area contributed by atoms with Crippen LogP contribution in [0.3, 0.4) is 0 Å². The van der Waals surface area contributed by atoms with Crippen molar-refractivity contribution in [3.8, 4) is 5.75 Å². The van der Waals surface area contributed by atoms with Crippen LogP contribution in [0.2, 0.25) is 0 Å². The first-order chi connectivity index (χ1) is 17.7. The zero-order valence-electron chi connectivity index (χ0n) is 21.1. The van der Waals surface area contributed by atoms with Crippen molar-refractivity contribution >= 4 is 33.0 Å². The Bertz CT molecular complexity index is 1300. The molecule has 11 heteroatoms. The molecule has 0 unspecified atom stereocenters. The van der Waals surface area contributed by atoms with Gasteiger partial charge in [0.15, 0.2) is 0 Å². The number of anilines is 1. The van der Waals surface area contributed by atoms with Crippen molar-refractivity contribution in [3.05, 3.63) is 71.4 Å². The van der Waals surface area contributed by atoms with E-state index in [9.17, 15) is 18.3 Å². The largest absolute Gasteiger partial charge is 0.488 e. The summed E-state index contributed by atoms with van der Waals surface area (Å²) in [4.78, 5) is 21.5. The van der Waals surface area contributed by atoms with E-state index in [0.717, 1.165) is 16.9 Å². The first kappa shape index (κ1) is 27.1. The summed E-state index contributed by atoms with van der Waals surface area (Å²) < 4.78 is 34.7. The maximum atomic E-state index is 13.6. The average Bonchev–Trinajstić information content (AvgIpc) is 3.43. The van der Waals surface area contributed by atoms with E-state index in [1.165, 1.54) is 12.1 Å². The molecule has 4 rings (SSSR count). The number of ether oxygens (including phenoxy) is 1. The van der Waals surface area contributed by atoms with Crippen LogP contribution in [0.5, 0.6) is 5.75 Å². The molecule has 3 aromatic rings. The van der Waals surface area contributed by atoms with Crippen LogP contribution < -0.4 is 9.46 Å². The molecule has 198 valence electrons. The Labute approximate surface area is 221 Å². The third-order valence-corrected chi connectivity index (χ3v) is 9.15. The lowest BCUT2D eigenvalue weighted by molar-refractivity contribution is 0.0341. The van der Waals surface area contributed by atoms with E-state index in [1.54, 1.807) is 47.8 Å². The summed E-state index contributed by atoms with van der Waals surface area (Å²) in [7, 11) is -1.77. The quantitative estimate of drug-likeness (QED) is 0.425. The van der Waals surface area contributed by atoms with Crippen LogP contribution >= 0.6 is 11.3 Å². The van der Waals surface area contributed by atoms with Gasteiger partial charge in [0.25, 0.3) is 15.9 Å². The number of likely N-dealkylation sites (N-methyl/N-ethyl adjacent to an activating group) is 1. The number of thiophene rings is 1. The lowest BCUT2D eigenvalue weighted by Gasteiger charge is -2.38. The number of nitrogens with zero attached hydrogens (tertiary/aromatic N) is 3. The topological polar surface area (TPSA) is 112 Å². The van der Waals surface area contributed by atoms with Crippen LogP contribution in [0, 0.1) is 5.92 Å². The highest BCUT2D eigenvalue weighted by molar-refractivity contribution is 7.94. The van der Waals surface area contributed by atoms with E-state index in [2.05, 4.69) is 14.6 Å². The standard InChI is InChI=1S/C26H32N4O5S2/c1-18-14-30(19(2)17-31)26(32)22-13-21(28-37(33,34)25-5-4-12-36-25)6-7-23(22)35-24(18)16-29(3)15-20-8-10-27-11-9-20/h4-13,18-19,24,28,31H,14-17H2,1-3H3/t18-,19+,24-/m0/s1. The van der Waals surface area contributed by atoms with E-state index in [4.69, 9.17) is 4.74 Å². The predicted molar refractivity (Wildman–Crippen MR) is 143 cm³/mol. The summed E-state index contributed by atoms with van der Waals surface area (Å²) in [5.41, 5.74) is 1.64. The fraction of sp³-hybridized carbons (Fsp3) is 0.385. The van der Waals surface area contributed by atoms with E-state index < -0.39 is 16.1 Å². The Morgan fingerprint density at radius 2 is 2.03 bits per heavy atom. The second kappa shape index (κ2) is 11.6. The number of aromatic nitrogens is 1. The Balaban J connectivity index is 1.63. The Kier molecular flexibility index (Phi) is 8.48. The molecule has 2 aromatic heterocycles. The molecule has 1 aromatic carbocycles. The SMILES string of the molecule is C[C@H](CO)N1C[C@H](C)[C@H](CN(C)Cc2ccncc2)Oc2ccc(NS(=O)(=O)c3cccs3)cc2C1=O. The zero-order chi connectivity index (χ0) is 26.6. The number of hydrogen-bond acceptors (Lipinski definition) is 8. The van der Waals surface area contributed by atoms with Crippen molar-refractivity contribution in [1.82, 2.24) is 14.8 Å². The van der Waals surface area contributed by atoms with Crippen molar-refractivity contribution in [1.29, 1.82) is 0 Å². The van der Waals surface area contributed by atoms with Gasteiger partial charge in [-0.3, -0.25) is 19.4 Å². The summed E-state index contributed by atoms with van der Waals surface area (Å²) in [6.07, 6.45) is 3.28. The molecule has 1 aliphatic heterocycles. The van der Waals surface area contributed by atoms with Gasteiger partial charge in [-0.05, 0) is 61.3 Å². The van der Waals surface area contributed by atoms with Gasteiger partial charge >= 0.3 is 0 Å². The molecule has 0 radical (unpaired) electrons. The third-order valence-electron chi connectivity index (χ3n) is 6.37. The van der Waals surface area contributed by atoms with Gasteiger partial charge in [-0.2, -0.15) is 0 Å². The van der Waals surface area contributed by atoms with Gasteiger partial charge in [-0.25, -0.2) is 8.42 Å². The number of amides is 1. The highest BCUT2D eigenvalue weighted by Gasteiger charge is 2.33. The maximum absolute atomic E-state index is 13.6. The second-order valence-corrected chi connectivity index (χ2v) is 12.3. The first-order valence-corrected chi connectivity index (χ1v) is 14.4. The zero-order valence-corrected chi connectivity index (χ0v) is 22.7. The van der Waals surface area contributed by atoms with Crippen molar-refractivity contribution in [2.24, 2.45) is 5.92 Å². The molecule has 0 bridgehead atoms. The number of aliphatic hydroxyl groups excluding tert-OH is 1. The van der Waals surface area contributed by atoms with Crippen LogP contribution in [0.25, 0.3) is 0 Å². The van der Waals surface area contributed by atoms with Gasteiger partial charge in [0, 0.05) is 43.6 Å². The molecule has 37 heavy (non-hydrogen) atoms. The minimum atomic E-state index is -3.78. The number of hydrogen-bond donors (Lipinski definition) is 2. The number of fused-ring (bicyclic) bond motifs is 1. The number of carbonyl (C=O) groups excluding carboxylic acids is 1. The summed E-state index contributed by atoms with van der Waals surface area (Å²) in [6.45, 7) is 5.34. The van der Waals surface area contributed by atoms with Gasteiger partial charge in [0.05, 0.1) is 18.2 Å². The summed E-state index contributed by atoms with van der Waals surface area (Å²) in [6, 6.07) is 11.4. The van der Waals surface area contributed by atoms with E-state index in [-0.39, 0.29) is 40.0 Å². The Morgan fingerprint density at radius 1 is 1.27 bits per heavy atom. The van der Waals surface area contributed by atoms with Crippen molar-refractivity contribution < 1.29 is 23.1 Å². The summed E-state index contributed by atoms with van der Waals surface area (Å²) in [5.74, 6) is 0.0419. The first-order valence-electron chi connectivity index (χ1n) is 12.0. The second-order valence-electron chi connectivity index (χ2n) is 9.42. The minimum Gasteiger partial charge on any atom is -0.488 e. The van der Waals surface area contributed by atoms with E-state index >= 15 is 0 Å². The fourth-order valence-corrected chi connectivity index (χ4v) is 6.34. The molecule has 0 saturated carbocycles. The average molecular weight is 545 g/mol. The third kappa shape index (κ3) is 6.48. The molecule has 2 N–H and O–H groups in total.